The number of nitrogens with two attached hydrogens (primary N) is 1. The van der Waals surface area contributed by atoms with Crippen molar-refractivity contribution in [1.82, 2.24) is 0 Å². The van der Waals surface area contributed by atoms with Gasteiger partial charge in [0.2, 0.25) is 5.75 Å². The van der Waals surface area contributed by atoms with Crippen LogP contribution in [0.2, 0.25) is 5.02 Å². The molecule has 0 radical (unpaired) electrons. The van der Waals surface area contributed by atoms with Gasteiger partial charge in [0.15, 0.2) is 11.5 Å². The number of phenolic OH excluding ortho intramolecular Hbond substituents is 1. The van der Waals surface area contributed by atoms with Crippen molar-refractivity contribution >= 4 is 11.6 Å². The maximum absolute atomic E-state index is 10.4. The molecular formula is C13H18ClNO3. The Balaban J connectivity index is 2.62. The van der Waals surface area contributed by atoms with E-state index in [4.69, 9.17) is 26.8 Å². The average molecular weight is 272 g/mol. The Morgan fingerprint density at radius 1 is 1.39 bits per heavy atom. The summed E-state index contributed by atoms with van der Waals surface area (Å²) < 4.78 is 10.3. The molecule has 1 saturated carbocycles. The minimum atomic E-state index is -0.235. The highest BCUT2D eigenvalue weighted by Crippen LogP contribution is 2.58. The molecule has 0 bridgehead atoms. The summed E-state index contributed by atoms with van der Waals surface area (Å²) in [7, 11) is 2.99. The molecule has 0 aromatic heterocycles. The number of phenols is 1. The van der Waals surface area contributed by atoms with Crippen molar-refractivity contribution in [2.45, 2.75) is 31.2 Å². The van der Waals surface area contributed by atoms with Gasteiger partial charge in [0.25, 0.3) is 0 Å². The van der Waals surface area contributed by atoms with Gasteiger partial charge in [0, 0.05) is 23.1 Å². The van der Waals surface area contributed by atoms with Crippen LogP contribution in [0.5, 0.6) is 17.2 Å². The van der Waals surface area contributed by atoms with E-state index in [1.54, 1.807) is 6.07 Å². The van der Waals surface area contributed by atoms with Crippen molar-refractivity contribution in [3.05, 3.63) is 16.7 Å². The van der Waals surface area contributed by atoms with Gasteiger partial charge in [0.05, 0.1) is 19.2 Å². The summed E-state index contributed by atoms with van der Waals surface area (Å²) in [5.41, 5.74) is 6.46. The van der Waals surface area contributed by atoms with E-state index in [1.165, 1.54) is 14.2 Å². The van der Waals surface area contributed by atoms with Gasteiger partial charge in [-0.1, -0.05) is 11.6 Å². The van der Waals surface area contributed by atoms with Crippen LogP contribution in [0.4, 0.5) is 0 Å². The second-order valence-corrected chi connectivity index (χ2v) is 5.17. The smallest absolute Gasteiger partial charge is 0.203 e. The predicted octanol–water partition coefficient (Wildman–Crippen LogP) is 2.44. The summed E-state index contributed by atoms with van der Waals surface area (Å²) >= 11 is 6.26. The molecule has 2 rings (SSSR count). The summed E-state index contributed by atoms with van der Waals surface area (Å²) in [6.07, 6.45) is 1.85. The molecule has 1 aromatic rings. The van der Waals surface area contributed by atoms with Gasteiger partial charge >= 0.3 is 0 Å². The van der Waals surface area contributed by atoms with Crippen LogP contribution in [0, 0.1) is 0 Å². The molecule has 1 aliphatic carbocycles. The quantitative estimate of drug-likeness (QED) is 0.883. The van der Waals surface area contributed by atoms with Gasteiger partial charge in [-0.25, -0.2) is 0 Å². The van der Waals surface area contributed by atoms with Crippen LogP contribution in [0.1, 0.15) is 25.3 Å². The maximum atomic E-state index is 10.4. The van der Waals surface area contributed by atoms with E-state index in [2.05, 4.69) is 0 Å². The molecule has 1 unspecified atom stereocenters. The molecule has 0 heterocycles. The largest absolute Gasteiger partial charge is 0.504 e. The number of ether oxygens (including phenoxy) is 2. The highest BCUT2D eigenvalue weighted by Gasteiger charge is 2.51. The van der Waals surface area contributed by atoms with Crippen LogP contribution in [0.25, 0.3) is 0 Å². The van der Waals surface area contributed by atoms with E-state index in [0.717, 1.165) is 12.8 Å². The van der Waals surface area contributed by atoms with Crippen molar-refractivity contribution in [3.63, 3.8) is 0 Å². The Morgan fingerprint density at radius 2 is 2.00 bits per heavy atom. The molecule has 0 spiro atoms. The predicted molar refractivity (Wildman–Crippen MR) is 70.8 cm³/mol. The van der Waals surface area contributed by atoms with E-state index < -0.39 is 0 Å². The summed E-state index contributed by atoms with van der Waals surface area (Å²) in [5.74, 6) is 0.768. The van der Waals surface area contributed by atoms with Crippen LogP contribution in [-0.4, -0.2) is 25.4 Å². The Morgan fingerprint density at radius 3 is 2.39 bits per heavy atom. The Hall–Kier alpha value is -1.13. The molecule has 0 amide bonds. The fourth-order valence-corrected chi connectivity index (χ4v) is 2.86. The van der Waals surface area contributed by atoms with Crippen LogP contribution >= 0.6 is 11.6 Å². The molecule has 1 aromatic carbocycles. The first kappa shape index (κ1) is 13.3. The first-order valence-electron chi connectivity index (χ1n) is 5.87. The lowest BCUT2D eigenvalue weighted by atomic mass is 9.88. The van der Waals surface area contributed by atoms with Crippen molar-refractivity contribution in [3.8, 4) is 17.2 Å². The SMILES string of the molecule is COc1cc(Cl)c(C2(C(C)N)CC2)c(O)c1OC. The minimum absolute atomic E-state index is 0.0386. The third-order valence-corrected chi connectivity index (χ3v) is 4.05. The molecule has 100 valence electrons. The number of aromatic hydroxyl groups is 1. The number of halogens is 1. The molecule has 3 N–H and O–H groups in total. The molecule has 0 aliphatic heterocycles. The Labute approximate surface area is 112 Å². The molecular weight excluding hydrogens is 254 g/mol. The van der Waals surface area contributed by atoms with Crippen LogP contribution in [0.15, 0.2) is 6.07 Å². The normalized spacial score (nSPS) is 18.3. The summed E-state index contributed by atoms with van der Waals surface area (Å²) in [6.45, 7) is 1.93. The van der Waals surface area contributed by atoms with Gasteiger partial charge in [-0.2, -0.15) is 0 Å². The number of benzene rings is 1. The van der Waals surface area contributed by atoms with Crippen LogP contribution < -0.4 is 15.2 Å². The second kappa shape index (κ2) is 4.52. The maximum Gasteiger partial charge on any atom is 0.203 e. The zero-order valence-electron chi connectivity index (χ0n) is 10.8. The molecule has 0 saturated heterocycles. The molecule has 1 fully saturated rings. The van der Waals surface area contributed by atoms with E-state index in [0.29, 0.717) is 22.1 Å². The number of hydrogen-bond acceptors (Lipinski definition) is 4. The van der Waals surface area contributed by atoms with Gasteiger partial charge < -0.3 is 20.3 Å². The van der Waals surface area contributed by atoms with Gasteiger partial charge in [-0.05, 0) is 19.8 Å². The van der Waals surface area contributed by atoms with E-state index >= 15 is 0 Å². The zero-order valence-corrected chi connectivity index (χ0v) is 11.5. The molecule has 1 aliphatic rings. The second-order valence-electron chi connectivity index (χ2n) is 4.76. The highest BCUT2D eigenvalue weighted by molar-refractivity contribution is 6.32. The van der Waals surface area contributed by atoms with Gasteiger partial charge in [-0.15, -0.1) is 0 Å². The summed E-state index contributed by atoms with van der Waals surface area (Å²) in [4.78, 5) is 0. The highest BCUT2D eigenvalue weighted by atomic mass is 35.5. The third kappa shape index (κ3) is 1.80. The first-order valence-corrected chi connectivity index (χ1v) is 6.25. The van der Waals surface area contributed by atoms with Crippen molar-refractivity contribution in [1.29, 1.82) is 0 Å². The topological polar surface area (TPSA) is 64.7 Å². The number of methoxy groups -OCH3 is 2. The third-order valence-electron chi connectivity index (χ3n) is 3.75. The molecule has 18 heavy (non-hydrogen) atoms. The van der Waals surface area contributed by atoms with Crippen LogP contribution in [0.3, 0.4) is 0 Å². The minimum Gasteiger partial charge on any atom is -0.504 e. The monoisotopic (exact) mass is 271 g/mol. The fraction of sp³-hybridized carbons (Fsp3) is 0.538. The number of hydrogen-bond donors (Lipinski definition) is 2. The average Bonchev–Trinajstić information content (AvgIpc) is 3.09. The Bertz CT molecular complexity index is 470. The van der Waals surface area contributed by atoms with Gasteiger partial charge in [-0.3, -0.25) is 0 Å². The molecule has 1 atom stereocenters. The Kier molecular flexibility index (Phi) is 3.34. The van der Waals surface area contributed by atoms with E-state index in [1.807, 2.05) is 6.92 Å². The lowest BCUT2D eigenvalue weighted by molar-refractivity contribution is 0.328. The fourth-order valence-electron chi connectivity index (χ4n) is 2.49. The van der Waals surface area contributed by atoms with E-state index in [9.17, 15) is 5.11 Å². The molecule has 5 heteroatoms. The number of rotatable bonds is 4. The molecule has 4 nitrogen and oxygen atoms in total. The zero-order chi connectivity index (χ0) is 13.5. The van der Waals surface area contributed by atoms with Crippen molar-refractivity contribution in [2.75, 3.05) is 14.2 Å². The summed E-state index contributed by atoms with van der Waals surface area (Å²) in [5, 5.41) is 10.8. The van der Waals surface area contributed by atoms with Crippen molar-refractivity contribution in [2.24, 2.45) is 5.73 Å². The standard InChI is InChI=1S/C13H18ClNO3/c1-7(15)13(4-5-13)10-8(14)6-9(17-2)12(18-3)11(10)16/h6-7,16H,4-5,15H2,1-3H3. The summed E-state index contributed by atoms with van der Waals surface area (Å²) in [6, 6.07) is 1.59. The van der Waals surface area contributed by atoms with Gasteiger partial charge in [0.1, 0.15) is 0 Å². The first-order chi connectivity index (χ1) is 8.47. The van der Waals surface area contributed by atoms with E-state index in [-0.39, 0.29) is 17.2 Å². The van der Waals surface area contributed by atoms with Crippen molar-refractivity contribution < 1.29 is 14.6 Å². The lowest BCUT2D eigenvalue weighted by Crippen LogP contribution is -2.32. The lowest BCUT2D eigenvalue weighted by Gasteiger charge is -2.24. The van der Waals surface area contributed by atoms with Crippen LogP contribution in [-0.2, 0) is 5.41 Å².